The number of rotatable bonds is 4. The van der Waals surface area contributed by atoms with Crippen LogP contribution in [0.2, 0.25) is 0 Å². The van der Waals surface area contributed by atoms with Crippen LogP contribution in [0.1, 0.15) is 12.5 Å². The molecular weight excluding hydrogens is 216 g/mol. The fourth-order valence-electron chi connectivity index (χ4n) is 1.77. The van der Waals surface area contributed by atoms with E-state index >= 15 is 0 Å². The highest BCUT2D eigenvalue weighted by Gasteiger charge is 2.33. The minimum absolute atomic E-state index is 0.207. The molecule has 1 aliphatic rings. The minimum atomic E-state index is 0.207. The number of hydrogen-bond acceptors (Lipinski definition) is 4. The first-order valence-electron chi connectivity index (χ1n) is 5.57. The van der Waals surface area contributed by atoms with E-state index in [1.165, 1.54) is 0 Å². The summed E-state index contributed by atoms with van der Waals surface area (Å²) in [4.78, 5) is 0. The molecule has 4 heteroatoms. The van der Waals surface area contributed by atoms with E-state index in [-0.39, 0.29) is 5.41 Å². The zero-order chi connectivity index (χ0) is 12.3. The molecule has 0 atom stereocenters. The standard InChI is InChI=1S/C13H16N2O2/c1-13(8-17-9-13)7-15-11-4-3-10(6-14)5-12(11)16-2/h3-5,15H,7-9H2,1-2H3. The van der Waals surface area contributed by atoms with Crippen LogP contribution in [0.3, 0.4) is 0 Å². The van der Waals surface area contributed by atoms with Crippen molar-refractivity contribution in [2.75, 3.05) is 32.2 Å². The van der Waals surface area contributed by atoms with E-state index < -0.39 is 0 Å². The van der Waals surface area contributed by atoms with Crippen molar-refractivity contribution in [2.24, 2.45) is 5.41 Å². The molecule has 0 bridgehead atoms. The van der Waals surface area contributed by atoms with Crippen LogP contribution in [0.4, 0.5) is 5.69 Å². The van der Waals surface area contributed by atoms with Gasteiger partial charge in [0, 0.05) is 18.0 Å². The van der Waals surface area contributed by atoms with Gasteiger partial charge in [-0.05, 0) is 12.1 Å². The van der Waals surface area contributed by atoms with Crippen LogP contribution >= 0.6 is 0 Å². The molecule has 1 N–H and O–H groups in total. The third kappa shape index (κ3) is 2.51. The highest BCUT2D eigenvalue weighted by Crippen LogP contribution is 2.30. The van der Waals surface area contributed by atoms with Gasteiger partial charge >= 0.3 is 0 Å². The topological polar surface area (TPSA) is 54.3 Å². The van der Waals surface area contributed by atoms with Gasteiger partial charge in [-0.15, -0.1) is 0 Å². The summed E-state index contributed by atoms with van der Waals surface area (Å²) < 4.78 is 10.5. The van der Waals surface area contributed by atoms with Crippen LogP contribution in [-0.2, 0) is 4.74 Å². The molecule has 0 radical (unpaired) electrons. The van der Waals surface area contributed by atoms with Crippen molar-refractivity contribution in [1.29, 1.82) is 5.26 Å². The number of benzene rings is 1. The molecule has 1 fully saturated rings. The van der Waals surface area contributed by atoms with E-state index in [0.717, 1.165) is 25.4 Å². The van der Waals surface area contributed by atoms with Crippen LogP contribution in [0.25, 0.3) is 0 Å². The third-order valence-electron chi connectivity index (χ3n) is 2.94. The monoisotopic (exact) mass is 232 g/mol. The summed E-state index contributed by atoms with van der Waals surface area (Å²) in [5, 5.41) is 12.2. The van der Waals surface area contributed by atoms with Crippen LogP contribution in [0, 0.1) is 16.7 Å². The Morgan fingerprint density at radius 2 is 2.29 bits per heavy atom. The average Bonchev–Trinajstić information content (AvgIpc) is 2.33. The lowest BCUT2D eigenvalue weighted by Gasteiger charge is -2.38. The van der Waals surface area contributed by atoms with Gasteiger partial charge in [-0.1, -0.05) is 6.92 Å². The van der Waals surface area contributed by atoms with Gasteiger partial charge in [0.1, 0.15) is 5.75 Å². The number of ether oxygens (including phenoxy) is 2. The Balaban J connectivity index is 2.07. The number of methoxy groups -OCH3 is 1. The van der Waals surface area contributed by atoms with Gasteiger partial charge in [0.05, 0.1) is 37.6 Å². The summed E-state index contributed by atoms with van der Waals surface area (Å²) in [7, 11) is 1.61. The molecule has 4 nitrogen and oxygen atoms in total. The predicted molar refractivity (Wildman–Crippen MR) is 65.1 cm³/mol. The number of anilines is 1. The molecule has 1 aromatic carbocycles. The Morgan fingerprint density at radius 3 is 2.82 bits per heavy atom. The zero-order valence-corrected chi connectivity index (χ0v) is 10.1. The summed E-state index contributed by atoms with van der Waals surface area (Å²) in [6.45, 7) is 4.60. The molecule has 90 valence electrons. The first-order valence-corrected chi connectivity index (χ1v) is 5.57. The minimum Gasteiger partial charge on any atom is -0.495 e. The van der Waals surface area contributed by atoms with Gasteiger partial charge in [-0.3, -0.25) is 0 Å². The molecular formula is C13H16N2O2. The molecule has 0 aliphatic carbocycles. The van der Waals surface area contributed by atoms with Gasteiger partial charge in [0.2, 0.25) is 0 Å². The highest BCUT2D eigenvalue weighted by molar-refractivity contribution is 5.59. The third-order valence-corrected chi connectivity index (χ3v) is 2.94. The molecule has 0 saturated carbocycles. The Bertz CT molecular complexity index is 447. The van der Waals surface area contributed by atoms with Crippen molar-refractivity contribution in [3.8, 4) is 11.8 Å². The maximum Gasteiger partial charge on any atom is 0.143 e. The Morgan fingerprint density at radius 1 is 1.53 bits per heavy atom. The smallest absolute Gasteiger partial charge is 0.143 e. The van der Waals surface area contributed by atoms with Crippen molar-refractivity contribution in [3.63, 3.8) is 0 Å². The molecule has 0 amide bonds. The second-order valence-electron chi connectivity index (χ2n) is 4.68. The first-order chi connectivity index (χ1) is 8.17. The average molecular weight is 232 g/mol. The van der Waals surface area contributed by atoms with Gasteiger partial charge in [-0.2, -0.15) is 5.26 Å². The maximum absolute atomic E-state index is 8.81. The lowest BCUT2D eigenvalue weighted by Crippen LogP contribution is -2.45. The van der Waals surface area contributed by atoms with Crippen LogP contribution in [0.5, 0.6) is 5.75 Å². The first kappa shape index (κ1) is 11.7. The Hall–Kier alpha value is -1.73. The summed E-state index contributed by atoms with van der Waals surface area (Å²) in [6.07, 6.45) is 0. The van der Waals surface area contributed by atoms with Crippen molar-refractivity contribution in [1.82, 2.24) is 0 Å². The zero-order valence-electron chi connectivity index (χ0n) is 10.1. The molecule has 1 aliphatic heterocycles. The largest absolute Gasteiger partial charge is 0.495 e. The van der Waals surface area contributed by atoms with Gasteiger partial charge in [0.25, 0.3) is 0 Å². The number of nitrogens with zero attached hydrogens (tertiary/aromatic N) is 1. The lowest BCUT2D eigenvalue weighted by molar-refractivity contribution is -0.0924. The van der Waals surface area contributed by atoms with E-state index in [0.29, 0.717) is 11.3 Å². The van der Waals surface area contributed by atoms with E-state index in [9.17, 15) is 0 Å². The van der Waals surface area contributed by atoms with Crippen LogP contribution in [0.15, 0.2) is 18.2 Å². The summed E-state index contributed by atoms with van der Waals surface area (Å²) in [5.74, 6) is 0.702. The SMILES string of the molecule is COc1cc(C#N)ccc1NCC1(C)COC1. The summed E-state index contributed by atoms with van der Waals surface area (Å²) >= 11 is 0. The molecule has 1 aromatic rings. The van der Waals surface area contributed by atoms with Crippen molar-refractivity contribution in [3.05, 3.63) is 23.8 Å². The van der Waals surface area contributed by atoms with E-state index in [1.54, 1.807) is 19.2 Å². The number of nitriles is 1. The van der Waals surface area contributed by atoms with E-state index in [2.05, 4.69) is 18.3 Å². The molecule has 1 heterocycles. The summed E-state index contributed by atoms with van der Waals surface area (Å²) in [5.41, 5.74) is 1.73. The van der Waals surface area contributed by atoms with Gasteiger partial charge < -0.3 is 14.8 Å². The fraction of sp³-hybridized carbons (Fsp3) is 0.462. The van der Waals surface area contributed by atoms with E-state index in [1.807, 2.05) is 6.07 Å². The normalized spacial score (nSPS) is 16.8. The van der Waals surface area contributed by atoms with Crippen LogP contribution in [-0.4, -0.2) is 26.9 Å². The van der Waals surface area contributed by atoms with Crippen molar-refractivity contribution < 1.29 is 9.47 Å². The van der Waals surface area contributed by atoms with Crippen molar-refractivity contribution >= 4 is 5.69 Å². The summed E-state index contributed by atoms with van der Waals surface area (Å²) in [6, 6.07) is 7.49. The van der Waals surface area contributed by atoms with Crippen molar-refractivity contribution in [2.45, 2.75) is 6.92 Å². The van der Waals surface area contributed by atoms with Gasteiger partial charge in [0.15, 0.2) is 0 Å². The molecule has 0 unspecified atom stereocenters. The lowest BCUT2D eigenvalue weighted by atomic mass is 9.88. The highest BCUT2D eigenvalue weighted by atomic mass is 16.5. The predicted octanol–water partition coefficient (Wildman–Crippen LogP) is 2.02. The quantitative estimate of drug-likeness (QED) is 0.862. The van der Waals surface area contributed by atoms with Gasteiger partial charge in [-0.25, -0.2) is 0 Å². The molecule has 17 heavy (non-hydrogen) atoms. The number of nitrogens with one attached hydrogen (secondary N) is 1. The fourth-order valence-corrected chi connectivity index (χ4v) is 1.77. The van der Waals surface area contributed by atoms with E-state index in [4.69, 9.17) is 14.7 Å². The molecule has 0 spiro atoms. The second-order valence-corrected chi connectivity index (χ2v) is 4.68. The molecule has 0 aromatic heterocycles. The molecule has 2 rings (SSSR count). The second kappa shape index (κ2) is 4.64. The number of hydrogen-bond donors (Lipinski definition) is 1. The Kier molecular flexibility index (Phi) is 3.21. The molecule has 1 saturated heterocycles. The Labute approximate surface area is 101 Å². The van der Waals surface area contributed by atoms with Crippen LogP contribution < -0.4 is 10.1 Å². The maximum atomic E-state index is 8.81.